The maximum atomic E-state index is 12.7. The van der Waals surface area contributed by atoms with Gasteiger partial charge >= 0.3 is 0 Å². The highest BCUT2D eigenvalue weighted by molar-refractivity contribution is 7.89. The lowest BCUT2D eigenvalue weighted by atomic mass is 10.0. The predicted octanol–water partition coefficient (Wildman–Crippen LogP) is 2.65. The summed E-state index contributed by atoms with van der Waals surface area (Å²) in [7, 11) is -3.41. The number of nitrogens with one attached hydrogen (secondary N) is 1. The van der Waals surface area contributed by atoms with Crippen LogP contribution in [0.3, 0.4) is 0 Å². The van der Waals surface area contributed by atoms with E-state index in [0.717, 1.165) is 40.7 Å². The van der Waals surface area contributed by atoms with Gasteiger partial charge in [0.05, 0.1) is 17.6 Å². The van der Waals surface area contributed by atoms with Crippen LogP contribution in [0.1, 0.15) is 18.5 Å². The minimum Gasteiger partial charge on any atom is -0.342 e. The van der Waals surface area contributed by atoms with Gasteiger partial charge in [0, 0.05) is 36.6 Å². The van der Waals surface area contributed by atoms with E-state index in [2.05, 4.69) is 20.3 Å². The molecule has 29 heavy (non-hydrogen) atoms. The Morgan fingerprint density at radius 3 is 2.55 bits per heavy atom. The fourth-order valence-electron chi connectivity index (χ4n) is 3.79. The summed E-state index contributed by atoms with van der Waals surface area (Å²) in [6, 6.07) is 11.1. The lowest BCUT2D eigenvalue weighted by molar-refractivity contribution is 0.477. The number of benzene rings is 1. The molecule has 0 saturated carbocycles. The van der Waals surface area contributed by atoms with Crippen LogP contribution in [0.25, 0.3) is 22.2 Å². The van der Waals surface area contributed by atoms with Gasteiger partial charge < -0.3 is 4.98 Å². The van der Waals surface area contributed by atoms with Gasteiger partial charge in [-0.15, -0.1) is 5.10 Å². The first kappa shape index (κ1) is 18.0. The van der Waals surface area contributed by atoms with Crippen LogP contribution in [0, 0.1) is 0 Å². The van der Waals surface area contributed by atoms with Gasteiger partial charge in [0.1, 0.15) is 5.65 Å². The molecule has 1 saturated heterocycles. The Kier molecular flexibility index (Phi) is 4.40. The molecule has 5 rings (SSSR count). The van der Waals surface area contributed by atoms with Gasteiger partial charge in [-0.25, -0.2) is 18.1 Å². The monoisotopic (exact) mass is 408 g/mol. The Morgan fingerprint density at radius 2 is 1.83 bits per heavy atom. The van der Waals surface area contributed by atoms with Gasteiger partial charge in [0.25, 0.3) is 0 Å². The van der Waals surface area contributed by atoms with Crippen molar-refractivity contribution in [3.8, 4) is 11.1 Å². The van der Waals surface area contributed by atoms with Crippen LogP contribution >= 0.6 is 0 Å². The van der Waals surface area contributed by atoms with E-state index in [1.54, 1.807) is 39.7 Å². The summed E-state index contributed by atoms with van der Waals surface area (Å²) >= 11 is 0. The molecule has 3 aromatic heterocycles. The van der Waals surface area contributed by atoms with Crippen LogP contribution in [-0.2, 0) is 16.6 Å². The van der Waals surface area contributed by atoms with Crippen LogP contribution in [0.15, 0.2) is 59.9 Å². The number of pyridine rings is 1. The number of fused-ring (bicyclic) bond motifs is 1. The molecule has 0 unspecified atom stereocenters. The Labute approximate surface area is 168 Å². The molecule has 0 spiro atoms. The standard InChI is InChI=1S/C20H20N6O2S/c27-29(28,26-10-1-2-11-26)17-5-3-15(4-6-17)18-7-8-21-20-19(18)13-16(23-20)14-25-12-9-22-24-25/h3-9,12-13H,1-2,10-11,14H2,(H,21,23). The minimum atomic E-state index is -3.41. The summed E-state index contributed by atoms with van der Waals surface area (Å²) < 4.78 is 28.8. The summed E-state index contributed by atoms with van der Waals surface area (Å²) in [5, 5.41) is 8.80. The second-order valence-corrected chi connectivity index (χ2v) is 9.09. The van der Waals surface area contributed by atoms with E-state index in [-0.39, 0.29) is 0 Å². The van der Waals surface area contributed by atoms with Gasteiger partial charge in [0.15, 0.2) is 0 Å². The number of aromatic nitrogens is 5. The summed E-state index contributed by atoms with van der Waals surface area (Å²) in [4.78, 5) is 8.08. The molecule has 1 fully saturated rings. The summed E-state index contributed by atoms with van der Waals surface area (Å²) in [5.41, 5.74) is 3.70. The predicted molar refractivity (Wildman–Crippen MR) is 109 cm³/mol. The number of rotatable bonds is 5. The largest absolute Gasteiger partial charge is 0.342 e. The SMILES string of the molecule is O=S(=O)(c1ccc(-c2ccnc3[nH]c(Cn4ccnn4)cc23)cc1)N1CCCC1. The van der Waals surface area contributed by atoms with Gasteiger partial charge in [-0.1, -0.05) is 17.3 Å². The molecule has 1 aliphatic rings. The Morgan fingerprint density at radius 1 is 1.03 bits per heavy atom. The van der Waals surface area contributed by atoms with Crippen molar-refractivity contribution in [2.24, 2.45) is 0 Å². The molecule has 0 atom stereocenters. The van der Waals surface area contributed by atoms with Crippen LogP contribution in [0.4, 0.5) is 0 Å². The Balaban J connectivity index is 1.48. The normalized spacial score (nSPS) is 15.3. The van der Waals surface area contributed by atoms with Crippen LogP contribution < -0.4 is 0 Å². The molecule has 0 aliphatic carbocycles. The van der Waals surface area contributed by atoms with Crippen LogP contribution in [0.5, 0.6) is 0 Å². The number of hydrogen-bond acceptors (Lipinski definition) is 5. The third kappa shape index (κ3) is 3.32. The van der Waals surface area contributed by atoms with Gasteiger partial charge in [-0.2, -0.15) is 4.31 Å². The molecule has 9 heteroatoms. The third-order valence-electron chi connectivity index (χ3n) is 5.26. The summed E-state index contributed by atoms with van der Waals surface area (Å²) in [5.74, 6) is 0. The maximum Gasteiger partial charge on any atom is 0.243 e. The lowest BCUT2D eigenvalue weighted by Crippen LogP contribution is -2.27. The average Bonchev–Trinajstić information content (AvgIpc) is 3.49. The zero-order chi connectivity index (χ0) is 19.8. The maximum absolute atomic E-state index is 12.7. The van der Waals surface area contributed by atoms with Crippen molar-refractivity contribution >= 4 is 21.1 Å². The highest BCUT2D eigenvalue weighted by Gasteiger charge is 2.27. The van der Waals surface area contributed by atoms with Gasteiger partial charge in [-0.3, -0.25) is 0 Å². The molecule has 1 aromatic carbocycles. The molecule has 0 amide bonds. The van der Waals surface area contributed by atoms with Crippen LogP contribution in [0.2, 0.25) is 0 Å². The smallest absolute Gasteiger partial charge is 0.243 e. The average molecular weight is 408 g/mol. The van der Waals surface area contributed by atoms with Crippen molar-refractivity contribution < 1.29 is 8.42 Å². The molecule has 0 radical (unpaired) electrons. The van der Waals surface area contributed by atoms with Crippen molar-refractivity contribution in [2.75, 3.05) is 13.1 Å². The Bertz CT molecular complexity index is 1240. The lowest BCUT2D eigenvalue weighted by Gasteiger charge is -2.15. The van der Waals surface area contributed by atoms with Crippen molar-refractivity contribution in [1.29, 1.82) is 0 Å². The Hall–Kier alpha value is -3.04. The topological polar surface area (TPSA) is 96.8 Å². The molecule has 1 aliphatic heterocycles. The zero-order valence-electron chi connectivity index (χ0n) is 15.7. The second-order valence-electron chi connectivity index (χ2n) is 7.15. The van der Waals surface area contributed by atoms with Crippen molar-refractivity contribution in [3.05, 3.63) is 60.7 Å². The molecule has 0 bridgehead atoms. The van der Waals surface area contributed by atoms with E-state index >= 15 is 0 Å². The van der Waals surface area contributed by atoms with E-state index < -0.39 is 10.0 Å². The van der Waals surface area contributed by atoms with E-state index in [4.69, 9.17) is 0 Å². The van der Waals surface area contributed by atoms with E-state index in [1.165, 1.54) is 0 Å². The first-order valence-electron chi connectivity index (χ1n) is 9.52. The number of aromatic amines is 1. The fraction of sp³-hybridized carbons (Fsp3) is 0.250. The fourth-order valence-corrected chi connectivity index (χ4v) is 5.31. The number of H-pyrrole nitrogens is 1. The quantitative estimate of drug-likeness (QED) is 0.548. The first-order chi connectivity index (χ1) is 14.1. The number of hydrogen-bond donors (Lipinski definition) is 1. The van der Waals surface area contributed by atoms with E-state index in [0.29, 0.717) is 24.5 Å². The van der Waals surface area contributed by atoms with Crippen LogP contribution in [-0.4, -0.2) is 50.8 Å². The second kappa shape index (κ2) is 7.09. The molecule has 148 valence electrons. The van der Waals surface area contributed by atoms with Crippen molar-refractivity contribution in [3.63, 3.8) is 0 Å². The molecule has 4 heterocycles. The molecule has 1 N–H and O–H groups in total. The molecule has 8 nitrogen and oxygen atoms in total. The third-order valence-corrected chi connectivity index (χ3v) is 7.17. The van der Waals surface area contributed by atoms with Crippen molar-refractivity contribution in [2.45, 2.75) is 24.3 Å². The number of sulfonamides is 1. The molecule has 4 aromatic rings. The summed E-state index contributed by atoms with van der Waals surface area (Å²) in [6.07, 6.45) is 7.05. The highest BCUT2D eigenvalue weighted by atomic mass is 32.2. The zero-order valence-corrected chi connectivity index (χ0v) is 16.5. The van der Waals surface area contributed by atoms with Crippen molar-refractivity contribution in [1.82, 2.24) is 29.3 Å². The van der Waals surface area contributed by atoms with E-state index in [9.17, 15) is 8.42 Å². The highest BCUT2D eigenvalue weighted by Crippen LogP contribution is 2.30. The van der Waals surface area contributed by atoms with E-state index in [1.807, 2.05) is 24.3 Å². The van der Waals surface area contributed by atoms with Gasteiger partial charge in [-0.05, 0) is 48.2 Å². The van der Waals surface area contributed by atoms with Gasteiger partial charge in [0.2, 0.25) is 10.0 Å². The molecular weight excluding hydrogens is 388 g/mol. The minimum absolute atomic E-state index is 0.342. The first-order valence-corrected chi connectivity index (χ1v) is 11.0. The molecular formula is C20H20N6O2S. The summed E-state index contributed by atoms with van der Waals surface area (Å²) in [6.45, 7) is 1.78. The number of nitrogens with zero attached hydrogens (tertiary/aromatic N) is 5.